The minimum absolute atomic E-state index is 0.522. The topological polar surface area (TPSA) is 26.0 Å². The summed E-state index contributed by atoms with van der Waals surface area (Å²) in [5.41, 5.74) is 5.95. The number of hydrogen-bond acceptors (Lipinski definition) is 1. The molecule has 0 unspecified atom stereocenters. The van der Waals surface area contributed by atoms with E-state index in [0.717, 1.165) is 17.8 Å². The molecule has 14 heavy (non-hydrogen) atoms. The van der Waals surface area contributed by atoms with Crippen LogP contribution in [0, 0.1) is 17.8 Å². The molecule has 2 aliphatic rings. The molecule has 2 rings (SSSR count). The van der Waals surface area contributed by atoms with Crippen molar-refractivity contribution in [3.63, 3.8) is 0 Å². The molecule has 2 saturated carbocycles. The molecule has 0 bridgehead atoms. The van der Waals surface area contributed by atoms with Crippen LogP contribution < -0.4 is 5.73 Å². The van der Waals surface area contributed by atoms with Crippen LogP contribution in [0.25, 0.3) is 0 Å². The van der Waals surface area contributed by atoms with E-state index in [0.29, 0.717) is 6.04 Å². The highest BCUT2D eigenvalue weighted by Crippen LogP contribution is 2.39. The van der Waals surface area contributed by atoms with Gasteiger partial charge in [0.25, 0.3) is 0 Å². The summed E-state index contributed by atoms with van der Waals surface area (Å²) in [6.07, 6.45) is 11.4. The second-order valence-corrected chi connectivity index (χ2v) is 5.69. The minimum Gasteiger partial charge on any atom is -0.328 e. The van der Waals surface area contributed by atoms with Crippen LogP contribution in [0.15, 0.2) is 0 Å². The highest BCUT2D eigenvalue weighted by Gasteiger charge is 2.28. The first kappa shape index (κ1) is 10.5. The summed E-state index contributed by atoms with van der Waals surface area (Å²) in [4.78, 5) is 0. The molecule has 1 nitrogen and oxygen atoms in total. The van der Waals surface area contributed by atoms with E-state index in [9.17, 15) is 0 Å². The molecule has 0 heterocycles. The van der Waals surface area contributed by atoms with Gasteiger partial charge in [0, 0.05) is 6.04 Å². The lowest BCUT2D eigenvalue weighted by molar-refractivity contribution is 0.166. The summed E-state index contributed by atoms with van der Waals surface area (Å²) >= 11 is 0. The molecule has 0 radical (unpaired) electrons. The van der Waals surface area contributed by atoms with E-state index in [2.05, 4.69) is 6.92 Å². The Kier molecular flexibility index (Phi) is 3.48. The Balaban J connectivity index is 1.78. The van der Waals surface area contributed by atoms with Crippen LogP contribution in [0.5, 0.6) is 0 Å². The molecule has 2 N–H and O–H groups in total. The van der Waals surface area contributed by atoms with Crippen molar-refractivity contribution >= 4 is 0 Å². The second-order valence-electron chi connectivity index (χ2n) is 5.69. The Morgan fingerprint density at radius 3 is 1.64 bits per heavy atom. The summed E-state index contributed by atoms with van der Waals surface area (Å²) in [5, 5.41) is 0. The zero-order valence-electron chi connectivity index (χ0n) is 9.54. The van der Waals surface area contributed by atoms with E-state index in [1.807, 2.05) is 0 Å². The van der Waals surface area contributed by atoms with Gasteiger partial charge in [0.2, 0.25) is 0 Å². The first-order valence-corrected chi connectivity index (χ1v) is 6.51. The molecule has 1 heteroatoms. The van der Waals surface area contributed by atoms with Gasteiger partial charge in [-0.1, -0.05) is 19.8 Å². The molecule has 0 aromatic carbocycles. The van der Waals surface area contributed by atoms with Crippen molar-refractivity contribution < 1.29 is 0 Å². The van der Waals surface area contributed by atoms with Crippen LogP contribution in [0.4, 0.5) is 0 Å². The predicted molar refractivity (Wildman–Crippen MR) is 61.1 cm³/mol. The zero-order valence-corrected chi connectivity index (χ0v) is 9.54. The maximum atomic E-state index is 5.95. The molecule has 0 saturated heterocycles. The average Bonchev–Trinajstić information content (AvgIpc) is 2.21. The van der Waals surface area contributed by atoms with Crippen molar-refractivity contribution in [2.24, 2.45) is 23.5 Å². The Bertz CT molecular complexity index is 142. The van der Waals surface area contributed by atoms with Crippen molar-refractivity contribution in [3.8, 4) is 0 Å². The molecule has 2 fully saturated rings. The largest absolute Gasteiger partial charge is 0.328 e. The van der Waals surface area contributed by atoms with Crippen molar-refractivity contribution in [3.05, 3.63) is 0 Å². The maximum Gasteiger partial charge on any atom is 0.00390 e. The van der Waals surface area contributed by atoms with Gasteiger partial charge in [-0.3, -0.25) is 0 Å². The van der Waals surface area contributed by atoms with Crippen LogP contribution in [-0.2, 0) is 0 Å². The zero-order chi connectivity index (χ0) is 9.97. The Labute approximate surface area is 88.4 Å². The highest BCUT2D eigenvalue weighted by atomic mass is 14.6. The fraction of sp³-hybridized carbons (Fsp3) is 1.00. The van der Waals surface area contributed by atoms with E-state index in [4.69, 9.17) is 5.73 Å². The highest BCUT2D eigenvalue weighted by molar-refractivity contribution is 4.82. The van der Waals surface area contributed by atoms with Crippen molar-refractivity contribution in [1.82, 2.24) is 0 Å². The van der Waals surface area contributed by atoms with Crippen LogP contribution in [-0.4, -0.2) is 6.04 Å². The third kappa shape index (κ3) is 2.50. The van der Waals surface area contributed by atoms with Crippen LogP contribution in [0.2, 0.25) is 0 Å². The van der Waals surface area contributed by atoms with E-state index in [1.54, 1.807) is 0 Å². The van der Waals surface area contributed by atoms with E-state index >= 15 is 0 Å². The first-order valence-electron chi connectivity index (χ1n) is 6.51. The number of rotatable bonds is 1. The summed E-state index contributed by atoms with van der Waals surface area (Å²) < 4.78 is 0. The smallest absolute Gasteiger partial charge is 0.00390 e. The van der Waals surface area contributed by atoms with Gasteiger partial charge in [0.1, 0.15) is 0 Å². The SMILES string of the molecule is C[C@H]1CC[C@H]([C@H]2CC[C@H](N)CC2)CC1. The molecule has 82 valence electrons. The molecular weight excluding hydrogens is 170 g/mol. The molecular formula is C13H25N. The number of hydrogen-bond donors (Lipinski definition) is 1. The second kappa shape index (κ2) is 4.65. The Morgan fingerprint density at radius 1 is 0.714 bits per heavy atom. The van der Waals surface area contributed by atoms with Gasteiger partial charge < -0.3 is 5.73 Å². The fourth-order valence-electron chi connectivity index (χ4n) is 3.37. The van der Waals surface area contributed by atoms with Crippen molar-refractivity contribution in [2.45, 2.75) is 64.3 Å². The van der Waals surface area contributed by atoms with Crippen molar-refractivity contribution in [1.29, 1.82) is 0 Å². The van der Waals surface area contributed by atoms with Gasteiger partial charge >= 0.3 is 0 Å². The molecule has 0 aliphatic heterocycles. The summed E-state index contributed by atoms with van der Waals surface area (Å²) in [7, 11) is 0. The molecule has 0 aromatic rings. The standard InChI is InChI=1S/C13H25N/c1-10-2-4-11(5-3-10)12-6-8-13(14)9-7-12/h10-13H,2-9,14H2,1H3/t10-,11-,12-,13-. The van der Waals surface area contributed by atoms with Gasteiger partial charge in [-0.25, -0.2) is 0 Å². The quantitative estimate of drug-likeness (QED) is 0.682. The minimum atomic E-state index is 0.522. The van der Waals surface area contributed by atoms with E-state index in [-0.39, 0.29) is 0 Å². The van der Waals surface area contributed by atoms with E-state index < -0.39 is 0 Å². The lowest BCUT2D eigenvalue weighted by Gasteiger charge is -2.36. The summed E-state index contributed by atoms with van der Waals surface area (Å²) in [6.45, 7) is 2.41. The van der Waals surface area contributed by atoms with Gasteiger partial charge in [-0.05, 0) is 56.3 Å². The lowest BCUT2D eigenvalue weighted by Crippen LogP contribution is -2.31. The normalized spacial score (nSPS) is 45.0. The Hall–Kier alpha value is -0.0400. The molecule has 0 amide bonds. The monoisotopic (exact) mass is 195 g/mol. The van der Waals surface area contributed by atoms with Crippen molar-refractivity contribution in [2.75, 3.05) is 0 Å². The third-order valence-corrected chi connectivity index (χ3v) is 4.54. The summed E-state index contributed by atoms with van der Waals surface area (Å²) in [6, 6.07) is 0.522. The molecule has 0 atom stereocenters. The molecule has 0 spiro atoms. The third-order valence-electron chi connectivity index (χ3n) is 4.54. The van der Waals surface area contributed by atoms with E-state index in [1.165, 1.54) is 51.4 Å². The average molecular weight is 195 g/mol. The van der Waals surface area contributed by atoms with Gasteiger partial charge in [0.15, 0.2) is 0 Å². The maximum absolute atomic E-state index is 5.95. The lowest BCUT2D eigenvalue weighted by atomic mass is 9.71. The van der Waals surface area contributed by atoms with Crippen LogP contribution in [0.3, 0.4) is 0 Å². The van der Waals surface area contributed by atoms with Gasteiger partial charge in [0.05, 0.1) is 0 Å². The van der Waals surface area contributed by atoms with Gasteiger partial charge in [-0.15, -0.1) is 0 Å². The molecule has 2 aliphatic carbocycles. The number of nitrogens with two attached hydrogens (primary N) is 1. The predicted octanol–water partition coefficient (Wildman–Crippen LogP) is 3.33. The first-order chi connectivity index (χ1) is 6.75. The van der Waals surface area contributed by atoms with Crippen LogP contribution in [0.1, 0.15) is 58.3 Å². The molecule has 0 aromatic heterocycles. The van der Waals surface area contributed by atoms with Gasteiger partial charge in [-0.2, -0.15) is 0 Å². The Morgan fingerprint density at radius 2 is 1.14 bits per heavy atom. The fourth-order valence-corrected chi connectivity index (χ4v) is 3.37. The summed E-state index contributed by atoms with van der Waals surface area (Å²) in [5.74, 6) is 3.08. The van der Waals surface area contributed by atoms with Crippen LogP contribution >= 0.6 is 0 Å².